The lowest BCUT2D eigenvalue weighted by Crippen LogP contribution is -2.17. The van der Waals surface area contributed by atoms with Crippen molar-refractivity contribution < 1.29 is 4.79 Å². The van der Waals surface area contributed by atoms with Gasteiger partial charge in [0.15, 0.2) is 0 Å². The van der Waals surface area contributed by atoms with Gasteiger partial charge in [-0.1, -0.05) is 29.8 Å². The number of hydrogen-bond donors (Lipinski definition) is 1. The second-order valence-corrected chi connectivity index (χ2v) is 5.45. The topological polar surface area (TPSA) is 41.5 Å². The lowest BCUT2D eigenvalue weighted by atomic mass is 10.1. The molecule has 0 bridgehead atoms. The smallest absolute Gasteiger partial charge is 0.267 e. The van der Waals surface area contributed by atoms with E-state index in [1.807, 2.05) is 25.1 Å². The zero-order valence-electron chi connectivity index (χ0n) is 12.1. The Hall–Kier alpha value is -2.42. The molecule has 0 fully saturated rings. The predicted molar refractivity (Wildman–Crippen MR) is 84.7 cm³/mol. The number of benzene rings is 2. The number of hydrogen-bond acceptors (Lipinski definition) is 2. The number of amides is 1. The van der Waals surface area contributed by atoms with Crippen LogP contribution in [0.4, 0.5) is 0 Å². The van der Waals surface area contributed by atoms with Gasteiger partial charge in [0, 0.05) is 5.56 Å². The normalized spacial score (nSPS) is 13.4. The molecule has 0 unspecified atom stereocenters. The molecule has 1 aliphatic carbocycles. The number of hydrazone groups is 1. The van der Waals surface area contributed by atoms with Gasteiger partial charge < -0.3 is 0 Å². The molecule has 1 amide bonds. The van der Waals surface area contributed by atoms with Crippen molar-refractivity contribution >= 4 is 12.1 Å². The molecule has 0 saturated heterocycles. The summed E-state index contributed by atoms with van der Waals surface area (Å²) in [5.41, 5.74) is 8.19. The molecule has 0 heterocycles. The molecule has 0 aliphatic heterocycles. The highest BCUT2D eigenvalue weighted by Gasteiger charge is 2.10. The van der Waals surface area contributed by atoms with Crippen molar-refractivity contribution in [3.05, 3.63) is 70.3 Å². The van der Waals surface area contributed by atoms with Gasteiger partial charge in [0.05, 0.1) is 6.21 Å². The van der Waals surface area contributed by atoms with Gasteiger partial charge in [-0.3, -0.25) is 4.79 Å². The van der Waals surface area contributed by atoms with E-state index in [-0.39, 0.29) is 5.91 Å². The minimum Gasteiger partial charge on any atom is -0.267 e. The molecule has 2 aromatic carbocycles. The third-order valence-corrected chi connectivity index (χ3v) is 3.82. The van der Waals surface area contributed by atoms with E-state index in [1.54, 1.807) is 18.3 Å². The molecule has 0 saturated carbocycles. The highest BCUT2D eigenvalue weighted by molar-refractivity contribution is 5.94. The lowest BCUT2D eigenvalue weighted by molar-refractivity contribution is 0.0955. The average Bonchev–Trinajstić information content (AvgIpc) is 2.95. The molecule has 3 heteroatoms. The zero-order valence-corrected chi connectivity index (χ0v) is 12.1. The van der Waals surface area contributed by atoms with Crippen molar-refractivity contribution in [1.82, 2.24) is 5.43 Å². The molecule has 0 radical (unpaired) electrons. The Labute approximate surface area is 124 Å². The van der Waals surface area contributed by atoms with Crippen LogP contribution >= 0.6 is 0 Å². The molecule has 1 aliphatic rings. The molecule has 3 nitrogen and oxygen atoms in total. The summed E-state index contributed by atoms with van der Waals surface area (Å²) in [5, 5.41) is 4.04. The summed E-state index contributed by atoms with van der Waals surface area (Å²) in [5.74, 6) is -0.188. The summed E-state index contributed by atoms with van der Waals surface area (Å²) >= 11 is 0. The first-order valence-electron chi connectivity index (χ1n) is 7.24. The zero-order chi connectivity index (χ0) is 14.7. The minimum absolute atomic E-state index is 0.188. The van der Waals surface area contributed by atoms with Crippen LogP contribution in [0.1, 0.15) is 39.0 Å². The fraction of sp³-hybridized carbons (Fsp3) is 0.222. The van der Waals surface area contributed by atoms with Gasteiger partial charge >= 0.3 is 0 Å². The summed E-state index contributed by atoms with van der Waals surface area (Å²) in [7, 11) is 0. The summed E-state index contributed by atoms with van der Waals surface area (Å²) in [6.07, 6.45) is 5.26. The molecule has 0 aromatic heterocycles. The highest BCUT2D eigenvalue weighted by atomic mass is 16.2. The molecule has 3 rings (SSSR count). The summed E-state index contributed by atoms with van der Waals surface area (Å²) in [6.45, 7) is 1.99. The van der Waals surface area contributed by atoms with Crippen molar-refractivity contribution in [2.75, 3.05) is 0 Å². The number of rotatable bonds is 3. The monoisotopic (exact) mass is 278 g/mol. The van der Waals surface area contributed by atoms with Crippen LogP contribution in [0.15, 0.2) is 47.6 Å². The quantitative estimate of drug-likeness (QED) is 0.679. The van der Waals surface area contributed by atoms with E-state index in [4.69, 9.17) is 0 Å². The molecule has 0 spiro atoms. The van der Waals surface area contributed by atoms with Crippen molar-refractivity contribution in [2.24, 2.45) is 5.10 Å². The van der Waals surface area contributed by atoms with Crippen molar-refractivity contribution in [3.8, 4) is 0 Å². The van der Waals surface area contributed by atoms with Crippen LogP contribution in [0.3, 0.4) is 0 Å². The van der Waals surface area contributed by atoms with Crippen LogP contribution in [0.2, 0.25) is 0 Å². The molecule has 0 atom stereocenters. The van der Waals surface area contributed by atoms with Gasteiger partial charge in [-0.2, -0.15) is 5.10 Å². The van der Waals surface area contributed by atoms with E-state index in [2.05, 4.69) is 22.7 Å². The van der Waals surface area contributed by atoms with Gasteiger partial charge in [-0.25, -0.2) is 5.43 Å². The first-order valence-corrected chi connectivity index (χ1v) is 7.24. The van der Waals surface area contributed by atoms with E-state index in [0.717, 1.165) is 17.5 Å². The number of carbonyl (C=O) groups excluding carboxylic acids is 1. The maximum absolute atomic E-state index is 11.9. The van der Waals surface area contributed by atoms with Gasteiger partial charge in [0.25, 0.3) is 5.91 Å². The summed E-state index contributed by atoms with van der Waals surface area (Å²) < 4.78 is 0. The van der Waals surface area contributed by atoms with E-state index >= 15 is 0 Å². The van der Waals surface area contributed by atoms with E-state index < -0.39 is 0 Å². The van der Waals surface area contributed by atoms with Crippen LogP contribution in [-0.2, 0) is 12.8 Å². The number of aryl methyl sites for hydroxylation is 3. The molecule has 106 valence electrons. The van der Waals surface area contributed by atoms with Crippen LogP contribution in [-0.4, -0.2) is 12.1 Å². The van der Waals surface area contributed by atoms with Crippen LogP contribution in [0.25, 0.3) is 0 Å². The molecular weight excluding hydrogens is 260 g/mol. The highest BCUT2D eigenvalue weighted by Crippen LogP contribution is 2.22. The van der Waals surface area contributed by atoms with Crippen LogP contribution in [0, 0.1) is 6.92 Å². The largest absolute Gasteiger partial charge is 0.271 e. The van der Waals surface area contributed by atoms with Crippen molar-refractivity contribution in [2.45, 2.75) is 26.2 Å². The van der Waals surface area contributed by atoms with Crippen molar-refractivity contribution in [3.63, 3.8) is 0 Å². The maximum Gasteiger partial charge on any atom is 0.271 e. The standard InChI is InChI=1S/C18H18N2O/c1-13-5-8-16(9-6-13)18(21)20-19-12-14-7-10-15-3-2-4-17(15)11-14/h5-12H,2-4H2,1H3,(H,20,21). The molecular formula is C18H18N2O. The Balaban J connectivity index is 1.64. The Bertz CT molecular complexity index is 687. The summed E-state index contributed by atoms with van der Waals surface area (Å²) in [6, 6.07) is 13.8. The third-order valence-electron chi connectivity index (χ3n) is 3.82. The first kappa shape index (κ1) is 13.6. The minimum atomic E-state index is -0.188. The second-order valence-electron chi connectivity index (χ2n) is 5.45. The van der Waals surface area contributed by atoms with E-state index in [1.165, 1.54) is 24.0 Å². The van der Waals surface area contributed by atoms with Gasteiger partial charge in [0.2, 0.25) is 0 Å². The number of carbonyl (C=O) groups is 1. The van der Waals surface area contributed by atoms with Gasteiger partial charge in [-0.05, 0) is 61.1 Å². The number of nitrogens with zero attached hydrogens (tertiary/aromatic N) is 1. The third kappa shape index (κ3) is 3.19. The van der Waals surface area contributed by atoms with Gasteiger partial charge in [0.1, 0.15) is 0 Å². The van der Waals surface area contributed by atoms with Gasteiger partial charge in [-0.15, -0.1) is 0 Å². The fourth-order valence-corrected chi connectivity index (χ4v) is 2.61. The van der Waals surface area contributed by atoms with Crippen LogP contribution < -0.4 is 5.43 Å². The fourth-order valence-electron chi connectivity index (χ4n) is 2.61. The second kappa shape index (κ2) is 5.92. The lowest BCUT2D eigenvalue weighted by Gasteiger charge is -2.02. The Morgan fingerprint density at radius 1 is 1.10 bits per heavy atom. The number of fused-ring (bicyclic) bond motifs is 1. The van der Waals surface area contributed by atoms with Crippen molar-refractivity contribution in [1.29, 1.82) is 0 Å². The Kier molecular flexibility index (Phi) is 3.82. The SMILES string of the molecule is Cc1ccc(C(=O)NN=Cc2ccc3c(c2)CCC3)cc1. The molecule has 21 heavy (non-hydrogen) atoms. The Morgan fingerprint density at radius 2 is 1.86 bits per heavy atom. The molecule has 1 N–H and O–H groups in total. The van der Waals surface area contributed by atoms with E-state index in [9.17, 15) is 4.79 Å². The first-order chi connectivity index (χ1) is 10.2. The van der Waals surface area contributed by atoms with E-state index in [0.29, 0.717) is 5.56 Å². The number of nitrogens with one attached hydrogen (secondary N) is 1. The Morgan fingerprint density at radius 3 is 2.67 bits per heavy atom. The maximum atomic E-state index is 11.9. The summed E-state index contributed by atoms with van der Waals surface area (Å²) in [4.78, 5) is 11.9. The van der Waals surface area contributed by atoms with Crippen LogP contribution in [0.5, 0.6) is 0 Å². The predicted octanol–water partition coefficient (Wildman–Crippen LogP) is 3.25. The average molecular weight is 278 g/mol. The molecule has 2 aromatic rings.